The lowest BCUT2D eigenvalue weighted by atomic mass is 10.1. The van der Waals surface area contributed by atoms with E-state index in [1.165, 1.54) is 30.6 Å². The van der Waals surface area contributed by atoms with Crippen molar-refractivity contribution in [1.82, 2.24) is 15.3 Å². The fourth-order valence-corrected chi connectivity index (χ4v) is 5.35. The lowest BCUT2D eigenvalue weighted by Gasteiger charge is -2.28. The van der Waals surface area contributed by atoms with Crippen molar-refractivity contribution in [3.63, 3.8) is 0 Å². The van der Waals surface area contributed by atoms with Gasteiger partial charge in [0.05, 0.1) is 24.5 Å². The number of hydrogen-bond donors (Lipinski definition) is 1. The number of aryl methyl sites for hydroxylation is 2. The number of thiophene rings is 1. The van der Waals surface area contributed by atoms with E-state index in [1.807, 2.05) is 32.0 Å². The second kappa shape index (κ2) is 9.73. The molecule has 0 saturated carbocycles. The second-order valence-electron chi connectivity index (χ2n) is 8.07. The number of anilines is 1. The molecule has 1 fully saturated rings. The number of carbonyl (C=O) groups excluding carboxylic acids is 1. The van der Waals surface area contributed by atoms with Crippen LogP contribution in [0.15, 0.2) is 18.2 Å². The zero-order chi connectivity index (χ0) is 22.7. The summed E-state index contributed by atoms with van der Waals surface area (Å²) in [4.78, 5) is 26.4. The van der Waals surface area contributed by atoms with Gasteiger partial charge in [-0.15, -0.1) is 11.3 Å². The van der Waals surface area contributed by atoms with Crippen LogP contribution in [-0.4, -0.2) is 49.7 Å². The van der Waals surface area contributed by atoms with Crippen LogP contribution in [0.3, 0.4) is 0 Å². The van der Waals surface area contributed by atoms with E-state index < -0.39 is 0 Å². The van der Waals surface area contributed by atoms with Gasteiger partial charge < -0.3 is 19.7 Å². The molecule has 8 heteroatoms. The van der Waals surface area contributed by atoms with Gasteiger partial charge in [0, 0.05) is 19.6 Å². The number of nitrogens with zero attached hydrogens (tertiary/aromatic N) is 3. The predicted octanol–water partition coefficient (Wildman–Crippen LogP) is 4.29. The van der Waals surface area contributed by atoms with E-state index in [2.05, 4.69) is 15.2 Å². The van der Waals surface area contributed by atoms with Crippen LogP contribution in [0.2, 0.25) is 0 Å². The van der Waals surface area contributed by atoms with E-state index in [0.29, 0.717) is 29.3 Å². The number of hydrogen-bond acceptors (Lipinski definition) is 7. The number of aromatic nitrogens is 2. The SMILES string of the molecule is COc1ccc(CCNC(=O)c2sc3nc(C)nc(N4CCCCC4)c3c2C)cc1OC. The molecule has 1 aromatic carbocycles. The van der Waals surface area contributed by atoms with Crippen molar-refractivity contribution in [2.45, 2.75) is 39.5 Å². The maximum atomic E-state index is 13.0. The van der Waals surface area contributed by atoms with Crippen molar-refractivity contribution in [1.29, 1.82) is 0 Å². The molecule has 3 heterocycles. The van der Waals surface area contributed by atoms with Gasteiger partial charge in [0.25, 0.3) is 5.91 Å². The molecule has 1 aliphatic heterocycles. The summed E-state index contributed by atoms with van der Waals surface area (Å²) < 4.78 is 10.7. The van der Waals surface area contributed by atoms with Gasteiger partial charge in [-0.3, -0.25) is 4.79 Å². The van der Waals surface area contributed by atoms with Crippen molar-refractivity contribution in [3.8, 4) is 11.5 Å². The summed E-state index contributed by atoms with van der Waals surface area (Å²) >= 11 is 1.46. The number of methoxy groups -OCH3 is 2. The molecule has 0 unspecified atom stereocenters. The normalized spacial score (nSPS) is 13.9. The average molecular weight is 455 g/mol. The highest BCUT2D eigenvalue weighted by Crippen LogP contribution is 2.36. The Morgan fingerprint density at radius 3 is 2.56 bits per heavy atom. The first-order valence-corrected chi connectivity index (χ1v) is 11.8. The number of rotatable bonds is 7. The Hall–Kier alpha value is -2.87. The van der Waals surface area contributed by atoms with Crippen LogP contribution in [-0.2, 0) is 6.42 Å². The van der Waals surface area contributed by atoms with Gasteiger partial charge >= 0.3 is 0 Å². The van der Waals surface area contributed by atoms with Gasteiger partial charge in [-0.05, 0) is 62.8 Å². The summed E-state index contributed by atoms with van der Waals surface area (Å²) in [6.07, 6.45) is 4.32. The Labute approximate surface area is 192 Å². The molecule has 4 rings (SSSR count). The molecule has 2 aromatic heterocycles. The number of carbonyl (C=O) groups is 1. The Bertz CT molecular complexity index is 1120. The quantitative estimate of drug-likeness (QED) is 0.574. The summed E-state index contributed by atoms with van der Waals surface area (Å²) in [6.45, 7) is 6.48. The van der Waals surface area contributed by atoms with Crippen molar-refractivity contribution in [2.24, 2.45) is 0 Å². The first-order valence-electron chi connectivity index (χ1n) is 11.0. The molecule has 0 bridgehead atoms. The van der Waals surface area contributed by atoms with Crippen LogP contribution < -0.4 is 19.7 Å². The second-order valence-corrected chi connectivity index (χ2v) is 9.07. The van der Waals surface area contributed by atoms with Crippen LogP contribution in [0, 0.1) is 13.8 Å². The van der Waals surface area contributed by atoms with Gasteiger partial charge in [0.2, 0.25) is 0 Å². The fourth-order valence-electron chi connectivity index (χ4n) is 4.21. The number of amides is 1. The topological polar surface area (TPSA) is 76.6 Å². The molecule has 7 nitrogen and oxygen atoms in total. The number of nitrogens with one attached hydrogen (secondary N) is 1. The van der Waals surface area contributed by atoms with Gasteiger partial charge in [-0.2, -0.15) is 0 Å². The van der Waals surface area contributed by atoms with E-state index in [0.717, 1.165) is 46.1 Å². The molecule has 0 atom stereocenters. The minimum absolute atomic E-state index is 0.0618. The molecular formula is C24H30N4O3S. The monoisotopic (exact) mass is 454 g/mol. The summed E-state index contributed by atoms with van der Waals surface area (Å²) in [5, 5.41) is 4.09. The molecule has 1 amide bonds. The van der Waals surface area contributed by atoms with Gasteiger partial charge in [0.1, 0.15) is 16.5 Å². The zero-order valence-corrected chi connectivity index (χ0v) is 20.0. The van der Waals surface area contributed by atoms with Crippen molar-refractivity contribution >= 4 is 33.3 Å². The van der Waals surface area contributed by atoms with Crippen LogP contribution in [0.1, 0.15) is 45.9 Å². The Balaban J connectivity index is 1.51. The summed E-state index contributed by atoms with van der Waals surface area (Å²) in [7, 11) is 3.24. The number of benzene rings is 1. The van der Waals surface area contributed by atoms with Crippen LogP contribution >= 0.6 is 11.3 Å². The van der Waals surface area contributed by atoms with Gasteiger partial charge in [0.15, 0.2) is 11.5 Å². The van der Waals surface area contributed by atoms with Crippen LogP contribution in [0.25, 0.3) is 10.2 Å². The third kappa shape index (κ3) is 4.50. The molecule has 3 aromatic rings. The number of piperidine rings is 1. The average Bonchev–Trinajstić information content (AvgIpc) is 3.15. The highest BCUT2D eigenvalue weighted by atomic mass is 32.1. The molecular weight excluding hydrogens is 424 g/mol. The maximum Gasteiger partial charge on any atom is 0.261 e. The van der Waals surface area contributed by atoms with E-state index in [9.17, 15) is 4.79 Å². The minimum atomic E-state index is -0.0618. The molecule has 1 N–H and O–H groups in total. The molecule has 1 saturated heterocycles. The third-order valence-corrected chi connectivity index (χ3v) is 7.08. The standard InChI is InChI=1S/C24H30N4O3S/c1-15-20-22(28-12-6-5-7-13-28)26-16(2)27-24(20)32-21(15)23(29)25-11-10-17-8-9-18(30-3)19(14-17)31-4/h8-9,14H,5-7,10-13H2,1-4H3,(H,25,29). The largest absolute Gasteiger partial charge is 0.493 e. The highest BCUT2D eigenvalue weighted by Gasteiger charge is 2.23. The van der Waals surface area contributed by atoms with Gasteiger partial charge in [-0.1, -0.05) is 6.07 Å². The van der Waals surface area contributed by atoms with E-state index in [4.69, 9.17) is 14.5 Å². The smallest absolute Gasteiger partial charge is 0.261 e. The van der Waals surface area contributed by atoms with E-state index in [1.54, 1.807) is 14.2 Å². The minimum Gasteiger partial charge on any atom is -0.493 e. The van der Waals surface area contributed by atoms with E-state index >= 15 is 0 Å². The molecule has 0 spiro atoms. The molecule has 0 radical (unpaired) electrons. The number of ether oxygens (including phenoxy) is 2. The highest BCUT2D eigenvalue weighted by molar-refractivity contribution is 7.20. The Morgan fingerprint density at radius 2 is 1.84 bits per heavy atom. The third-order valence-electron chi connectivity index (χ3n) is 5.89. The maximum absolute atomic E-state index is 13.0. The summed E-state index contributed by atoms with van der Waals surface area (Å²) in [5.41, 5.74) is 2.04. The van der Waals surface area contributed by atoms with E-state index in [-0.39, 0.29) is 5.91 Å². The first-order chi connectivity index (χ1) is 15.5. The molecule has 170 valence electrons. The van der Waals surface area contributed by atoms with Crippen LogP contribution in [0.5, 0.6) is 11.5 Å². The van der Waals surface area contributed by atoms with Crippen molar-refractivity contribution in [3.05, 3.63) is 40.0 Å². The predicted molar refractivity (Wildman–Crippen MR) is 129 cm³/mol. The molecule has 0 aliphatic carbocycles. The Morgan fingerprint density at radius 1 is 1.09 bits per heavy atom. The number of fused-ring (bicyclic) bond motifs is 1. The zero-order valence-electron chi connectivity index (χ0n) is 19.2. The first kappa shape index (κ1) is 22.3. The summed E-state index contributed by atoms with van der Waals surface area (Å²) in [5.74, 6) is 3.05. The van der Waals surface area contributed by atoms with Crippen LogP contribution in [0.4, 0.5) is 5.82 Å². The lowest BCUT2D eigenvalue weighted by Crippen LogP contribution is -2.30. The summed E-state index contributed by atoms with van der Waals surface area (Å²) in [6, 6.07) is 5.82. The Kier molecular flexibility index (Phi) is 6.79. The molecule has 1 aliphatic rings. The van der Waals surface area contributed by atoms with Crippen molar-refractivity contribution in [2.75, 3.05) is 38.8 Å². The van der Waals surface area contributed by atoms with Crippen molar-refractivity contribution < 1.29 is 14.3 Å². The fraction of sp³-hybridized carbons (Fsp3) is 0.458. The van der Waals surface area contributed by atoms with Gasteiger partial charge in [-0.25, -0.2) is 9.97 Å². The lowest BCUT2D eigenvalue weighted by molar-refractivity contribution is 0.0957. The molecule has 32 heavy (non-hydrogen) atoms.